The molecule has 18 heavy (non-hydrogen) atoms. The normalized spacial score (nSPS) is 28.6. The minimum absolute atomic E-state index is 0.561. The number of nitrogen functional groups attached to an aromatic ring is 1. The van der Waals surface area contributed by atoms with Crippen molar-refractivity contribution >= 4 is 27.6 Å². The predicted octanol–water partition coefficient (Wildman–Crippen LogP) is 3.83. The number of hydrogen-bond donors (Lipinski definition) is 1. The summed E-state index contributed by atoms with van der Waals surface area (Å²) >= 11 is 0. The van der Waals surface area contributed by atoms with Gasteiger partial charge in [-0.3, -0.25) is 0 Å². The summed E-state index contributed by atoms with van der Waals surface area (Å²) in [5.74, 6) is 0.976. The predicted molar refractivity (Wildman–Crippen MR) is 72.5 cm³/mol. The molecule has 88 valence electrons. The van der Waals surface area contributed by atoms with E-state index in [9.17, 15) is 0 Å². The highest BCUT2D eigenvalue weighted by atomic mass is 16.3. The van der Waals surface area contributed by atoms with Crippen molar-refractivity contribution in [3.05, 3.63) is 42.0 Å². The molecule has 2 aromatic carbocycles. The van der Waals surface area contributed by atoms with E-state index < -0.39 is 0 Å². The van der Waals surface area contributed by atoms with Crippen molar-refractivity contribution in [2.24, 2.45) is 5.92 Å². The lowest BCUT2D eigenvalue weighted by Crippen LogP contribution is -1.91. The van der Waals surface area contributed by atoms with Gasteiger partial charge in [0.2, 0.25) is 0 Å². The molecule has 0 unspecified atom stereocenters. The molecule has 3 aromatic rings. The molecule has 2 aliphatic rings. The number of nitrogens with two attached hydrogens (primary N) is 1. The number of anilines is 1. The summed E-state index contributed by atoms with van der Waals surface area (Å²) in [6.45, 7) is 0. The van der Waals surface area contributed by atoms with Gasteiger partial charge in [-0.25, -0.2) is 0 Å². The van der Waals surface area contributed by atoms with Gasteiger partial charge in [0.15, 0.2) is 0 Å². The van der Waals surface area contributed by atoms with E-state index >= 15 is 0 Å². The summed E-state index contributed by atoms with van der Waals surface area (Å²) in [6.07, 6.45) is 2.78. The molecule has 0 bridgehead atoms. The fraction of sp³-hybridized carbons (Fsp3) is 0.250. The van der Waals surface area contributed by atoms with E-state index in [1.165, 1.54) is 29.2 Å². The number of rotatable bonds is 1. The van der Waals surface area contributed by atoms with Crippen LogP contribution in [0.15, 0.2) is 40.8 Å². The van der Waals surface area contributed by atoms with Crippen molar-refractivity contribution in [1.29, 1.82) is 0 Å². The lowest BCUT2D eigenvalue weighted by atomic mass is 10.0. The first-order valence-corrected chi connectivity index (χ1v) is 6.49. The summed E-state index contributed by atoms with van der Waals surface area (Å²) in [6, 6.07) is 12.6. The standard InChI is InChI=1S/C16H13NO/c17-11-2-3-12-13-5-9(16-7-10(16)8-16)1-4-14(13)18-15(12)6-11/h1-6,10H,7-8,17H2. The Morgan fingerprint density at radius 1 is 1.00 bits per heavy atom. The lowest BCUT2D eigenvalue weighted by molar-refractivity contribution is 0.669. The molecule has 2 N–H and O–H groups in total. The van der Waals surface area contributed by atoms with Crippen LogP contribution >= 0.6 is 0 Å². The Morgan fingerprint density at radius 3 is 2.61 bits per heavy atom. The van der Waals surface area contributed by atoms with Gasteiger partial charge in [0, 0.05) is 22.5 Å². The Labute approximate surface area is 104 Å². The van der Waals surface area contributed by atoms with Gasteiger partial charge in [-0.05, 0) is 54.0 Å². The van der Waals surface area contributed by atoms with Crippen LogP contribution < -0.4 is 5.73 Å². The minimum Gasteiger partial charge on any atom is -0.456 e. The smallest absolute Gasteiger partial charge is 0.137 e. The van der Waals surface area contributed by atoms with Crippen LogP contribution in [0.5, 0.6) is 0 Å². The first-order chi connectivity index (χ1) is 8.76. The van der Waals surface area contributed by atoms with Crippen LogP contribution in [0.25, 0.3) is 21.9 Å². The summed E-state index contributed by atoms with van der Waals surface area (Å²) in [7, 11) is 0. The number of benzene rings is 2. The minimum atomic E-state index is 0.561. The van der Waals surface area contributed by atoms with Crippen molar-refractivity contribution in [3.63, 3.8) is 0 Å². The molecule has 2 aliphatic carbocycles. The van der Waals surface area contributed by atoms with Crippen molar-refractivity contribution in [2.75, 3.05) is 5.73 Å². The van der Waals surface area contributed by atoms with E-state index in [0.717, 1.165) is 22.8 Å². The zero-order chi connectivity index (χ0) is 11.9. The molecule has 0 aliphatic heterocycles. The Morgan fingerprint density at radius 2 is 1.83 bits per heavy atom. The van der Waals surface area contributed by atoms with Gasteiger partial charge >= 0.3 is 0 Å². The van der Waals surface area contributed by atoms with Gasteiger partial charge in [-0.1, -0.05) is 6.07 Å². The Kier molecular flexibility index (Phi) is 1.28. The van der Waals surface area contributed by atoms with Gasteiger partial charge in [0.05, 0.1) is 0 Å². The second kappa shape index (κ2) is 2.56. The molecule has 1 heterocycles. The van der Waals surface area contributed by atoms with E-state index in [-0.39, 0.29) is 0 Å². The summed E-state index contributed by atoms with van der Waals surface area (Å²) in [4.78, 5) is 0. The van der Waals surface area contributed by atoms with Crippen LogP contribution in [0.3, 0.4) is 0 Å². The molecular formula is C16H13NO. The Balaban J connectivity index is 1.85. The quantitative estimate of drug-likeness (QED) is 0.651. The number of hydrogen-bond acceptors (Lipinski definition) is 2. The van der Waals surface area contributed by atoms with Gasteiger partial charge in [0.25, 0.3) is 0 Å². The first kappa shape index (κ1) is 9.03. The van der Waals surface area contributed by atoms with Crippen molar-refractivity contribution in [2.45, 2.75) is 18.3 Å². The molecule has 0 radical (unpaired) electrons. The summed E-state index contributed by atoms with van der Waals surface area (Å²) in [5.41, 5.74) is 10.5. The molecule has 1 aromatic heterocycles. The monoisotopic (exact) mass is 235 g/mol. The van der Waals surface area contributed by atoms with E-state index in [0.29, 0.717) is 5.41 Å². The third-order valence-electron chi connectivity index (χ3n) is 4.75. The SMILES string of the molecule is Nc1ccc2c(c1)oc1ccc(C34CC3C4)cc12. The third-order valence-corrected chi connectivity index (χ3v) is 4.75. The fourth-order valence-corrected chi connectivity index (χ4v) is 3.28. The second-order valence-corrected chi connectivity index (χ2v) is 5.83. The van der Waals surface area contributed by atoms with Crippen LogP contribution in [-0.4, -0.2) is 0 Å². The molecule has 2 fully saturated rings. The van der Waals surface area contributed by atoms with Crippen LogP contribution in [0, 0.1) is 5.92 Å². The van der Waals surface area contributed by atoms with E-state index in [1.807, 2.05) is 12.1 Å². The van der Waals surface area contributed by atoms with Crippen LogP contribution in [0.1, 0.15) is 18.4 Å². The third kappa shape index (κ3) is 0.953. The number of fused-ring (bicyclic) bond motifs is 4. The zero-order valence-corrected chi connectivity index (χ0v) is 9.94. The van der Waals surface area contributed by atoms with Crippen LogP contribution in [0.4, 0.5) is 5.69 Å². The highest BCUT2D eigenvalue weighted by Crippen LogP contribution is 2.75. The highest BCUT2D eigenvalue weighted by molar-refractivity contribution is 6.06. The average Bonchev–Trinajstić information content (AvgIpc) is 3.17. The maximum atomic E-state index is 5.85. The molecule has 2 saturated carbocycles. The molecule has 2 heteroatoms. The van der Waals surface area contributed by atoms with E-state index in [1.54, 1.807) is 0 Å². The maximum Gasteiger partial charge on any atom is 0.137 e. The molecule has 2 nitrogen and oxygen atoms in total. The molecule has 0 amide bonds. The van der Waals surface area contributed by atoms with Gasteiger partial charge < -0.3 is 10.2 Å². The average molecular weight is 235 g/mol. The van der Waals surface area contributed by atoms with Crippen molar-refractivity contribution in [1.82, 2.24) is 0 Å². The lowest BCUT2D eigenvalue weighted by Gasteiger charge is -2.03. The Bertz CT molecular complexity index is 808. The summed E-state index contributed by atoms with van der Waals surface area (Å²) in [5, 5.41) is 2.41. The molecule has 0 atom stereocenters. The van der Waals surface area contributed by atoms with Crippen LogP contribution in [-0.2, 0) is 5.41 Å². The fourth-order valence-electron chi connectivity index (χ4n) is 3.28. The van der Waals surface area contributed by atoms with Gasteiger partial charge in [-0.2, -0.15) is 0 Å². The first-order valence-electron chi connectivity index (χ1n) is 6.49. The van der Waals surface area contributed by atoms with Crippen molar-refractivity contribution in [3.8, 4) is 0 Å². The molecular weight excluding hydrogens is 222 g/mol. The van der Waals surface area contributed by atoms with Gasteiger partial charge in [0.1, 0.15) is 11.2 Å². The van der Waals surface area contributed by atoms with Crippen molar-refractivity contribution < 1.29 is 4.42 Å². The Hall–Kier alpha value is -1.96. The zero-order valence-electron chi connectivity index (χ0n) is 9.94. The topological polar surface area (TPSA) is 39.2 Å². The second-order valence-electron chi connectivity index (χ2n) is 5.83. The highest BCUT2D eigenvalue weighted by Gasteiger charge is 2.70. The molecule has 0 saturated heterocycles. The van der Waals surface area contributed by atoms with Gasteiger partial charge in [-0.15, -0.1) is 0 Å². The molecule has 5 rings (SSSR count). The van der Waals surface area contributed by atoms with Crippen LogP contribution in [0.2, 0.25) is 0 Å². The number of furan rings is 1. The van der Waals surface area contributed by atoms with E-state index in [2.05, 4.69) is 24.3 Å². The summed E-state index contributed by atoms with van der Waals surface area (Å²) < 4.78 is 5.85. The molecule has 0 spiro atoms. The largest absolute Gasteiger partial charge is 0.456 e. The maximum absolute atomic E-state index is 5.85. The van der Waals surface area contributed by atoms with E-state index in [4.69, 9.17) is 10.2 Å².